The molecule has 0 spiro atoms. The highest BCUT2D eigenvalue weighted by Crippen LogP contribution is 2.31. The monoisotopic (exact) mass is 261 g/mol. The Balaban J connectivity index is 1.93. The fourth-order valence-corrected chi connectivity index (χ4v) is 3.00. The zero-order valence-corrected chi connectivity index (χ0v) is 11.7. The maximum atomic E-state index is 12.1. The minimum atomic E-state index is -0.672. The minimum Gasteiger partial charge on any atom is -0.461 e. The van der Waals surface area contributed by atoms with Crippen LogP contribution in [0, 0.1) is 11.8 Å². The topological polar surface area (TPSA) is 52.3 Å². The minimum absolute atomic E-state index is 0.0287. The lowest BCUT2D eigenvalue weighted by molar-refractivity contribution is -0.153. The number of benzene rings is 1. The van der Waals surface area contributed by atoms with E-state index in [1.807, 2.05) is 30.3 Å². The van der Waals surface area contributed by atoms with Crippen LogP contribution in [0.2, 0.25) is 0 Å². The second-order valence-corrected chi connectivity index (χ2v) is 5.86. The Kier molecular flexibility index (Phi) is 4.59. The Labute approximate surface area is 115 Å². The summed E-state index contributed by atoms with van der Waals surface area (Å²) >= 11 is 0. The molecule has 1 aromatic rings. The Morgan fingerprint density at radius 1 is 1.16 bits per heavy atom. The van der Waals surface area contributed by atoms with E-state index in [-0.39, 0.29) is 12.1 Å². The first-order valence-corrected chi connectivity index (χ1v) is 7.07. The van der Waals surface area contributed by atoms with Crippen LogP contribution in [0.4, 0.5) is 0 Å². The molecule has 104 valence electrons. The molecule has 3 unspecified atom stereocenters. The van der Waals surface area contributed by atoms with Gasteiger partial charge >= 0.3 is 5.97 Å². The quantitative estimate of drug-likeness (QED) is 0.851. The summed E-state index contributed by atoms with van der Waals surface area (Å²) in [5.74, 6) is 0.932. The standard InChI is InChI=1S/C16H23NO2/c1-11-8-12(2)10-14(9-11)19-16(18)15(17)13-6-4-3-5-7-13/h3-7,11-12,14-15H,8-10,17H2,1-2H3. The maximum absolute atomic E-state index is 12.1. The van der Waals surface area contributed by atoms with Gasteiger partial charge in [0.25, 0.3) is 0 Å². The number of ether oxygens (including phenoxy) is 1. The van der Waals surface area contributed by atoms with Crippen molar-refractivity contribution < 1.29 is 9.53 Å². The summed E-state index contributed by atoms with van der Waals surface area (Å²) in [6, 6.07) is 8.72. The average molecular weight is 261 g/mol. The van der Waals surface area contributed by atoms with Crippen LogP contribution in [0.3, 0.4) is 0 Å². The molecule has 2 N–H and O–H groups in total. The van der Waals surface area contributed by atoms with E-state index in [0.717, 1.165) is 18.4 Å². The molecule has 0 bridgehead atoms. The Morgan fingerprint density at radius 3 is 2.32 bits per heavy atom. The van der Waals surface area contributed by atoms with Crippen molar-refractivity contribution in [2.45, 2.75) is 45.3 Å². The SMILES string of the molecule is CC1CC(C)CC(OC(=O)C(N)c2ccccc2)C1. The van der Waals surface area contributed by atoms with Gasteiger partial charge in [0.05, 0.1) is 0 Å². The van der Waals surface area contributed by atoms with Gasteiger partial charge in [-0.25, -0.2) is 4.79 Å². The van der Waals surface area contributed by atoms with Crippen LogP contribution in [0.25, 0.3) is 0 Å². The molecular weight excluding hydrogens is 238 g/mol. The van der Waals surface area contributed by atoms with E-state index >= 15 is 0 Å². The highest BCUT2D eigenvalue weighted by molar-refractivity contribution is 5.77. The predicted molar refractivity (Wildman–Crippen MR) is 75.4 cm³/mol. The highest BCUT2D eigenvalue weighted by atomic mass is 16.5. The molecule has 1 aliphatic carbocycles. The lowest BCUT2D eigenvalue weighted by Gasteiger charge is -2.31. The van der Waals surface area contributed by atoms with Crippen molar-refractivity contribution in [3.8, 4) is 0 Å². The lowest BCUT2D eigenvalue weighted by atomic mass is 9.82. The molecule has 1 aliphatic rings. The third-order valence-electron chi connectivity index (χ3n) is 3.83. The smallest absolute Gasteiger partial charge is 0.327 e. The molecule has 2 rings (SSSR count). The summed E-state index contributed by atoms with van der Waals surface area (Å²) in [5, 5.41) is 0. The zero-order chi connectivity index (χ0) is 13.8. The highest BCUT2D eigenvalue weighted by Gasteiger charge is 2.28. The second-order valence-electron chi connectivity index (χ2n) is 5.86. The first-order chi connectivity index (χ1) is 9.06. The van der Waals surface area contributed by atoms with Crippen molar-refractivity contribution in [2.75, 3.05) is 0 Å². The summed E-state index contributed by atoms with van der Waals surface area (Å²) in [6.45, 7) is 4.43. The van der Waals surface area contributed by atoms with Crippen LogP contribution in [-0.2, 0) is 9.53 Å². The molecule has 0 amide bonds. The van der Waals surface area contributed by atoms with E-state index in [0.29, 0.717) is 11.8 Å². The predicted octanol–water partition coefficient (Wildman–Crippen LogP) is 3.05. The molecule has 3 heteroatoms. The van der Waals surface area contributed by atoms with Crippen LogP contribution in [0.15, 0.2) is 30.3 Å². The summed E-state index contributed by atoms with van der Waals surface area (Å²) in [4.78, 5) is 12.1. The van der Waals surface area contributed by atoms with E-state index in [4.69, 9.17) is 10.5 Å². The van der Waals surface area contributed by atoms with Gasteiger partial charge in [-0.2, -0.15) is 0 Å². The zero-order valence-electron chi connectivity index (χ0n) is 11.7. The van der Waals surface area contributed by atoms with Crippen molar-refractivity contribution in [1.82, 2.24) is 0 Å². The number of esters is 1. The van der Waals surface area contributed by atoms with Gasteiger partial charge in [0.15, 0.2) is 0 Å². The fourth-order valence-electron chi connectivity index (χ4n) is 3.00. The summed E-state index contributed by atoms with van der Waals surface area (Å²) < 4.78 is 5.58. The fraction of sp³-hybridized carbons (Fsp3) is 0.562. The Morgan fingerprint density at radius 2 is 1.74 bits per heavy atom. The van der Waals surface area contributed by atoms with Crippen molar-refractivity contribution in [3.63, 3.8) is 0 Å². The molecule has 0 heterocycles. The number of hydrogen-bond acceptors (Lipinski definition) is 3. The molecule has 0 aliphatic heterocycles. The molecule has 3 nitrogen and oxygen atoms in total. The molecule has 1 fully saturated rings. The van der Waals surface area contributed by atoms with Crippen molar-refractivity contribution in [2.24, 2.45) is 17.6 Å². The molecule has 0 aromatic heterocycles. The number of carbonyl (C=O) groups is 1. The van der Waals surface area contributed by atoms with E-state index in [1.54, 1.807) is 0 Å². The molecule has 1 aromatic carbocycles. The molecule has 3 atom stereocenters. The summed E-state index contributed by atoms with van der Waals surface area (Å²) in [5.41, 5.74) is 6.76. The number of carbonyl (C=O) groups excluding carboxylic acids is 1. The van der Waals surface area contributed by atoms with Gasteiger partial charge < -0.3 is 10.5 Å². The average Bonchev–Trinajstić information content (AvgIpc) is 2.37. The van der Waals surface area contributed by atoms with Gasteiger partial charge in [0.1, 0.15) is 12.1 Å². The number of rotatable bonds is 3. The van der Waals surface area contributed by atoms with Gasteiger partial charge in [-0.1, -0.05) is 44.2 Å². The molecule has 19 heavy (non-hydrogen) atoms. The van der Waals surface area contributed by atoms with Gasteiger partial charge in [0.2, 0.25) is 0 Å². The van der Waals surface area contributed by atoms with Gasteiger partial charge in [-0.3, -0.25) is 0 Å². The van der Waals surface area contributed by atoms with Crippen molar-refractivity contribution >= 4 is 5.97 Å². The van der Waals surface area contributed by atoms with Gasteiger partial charge in [-0.05, 0) is 36.7 Å². The van der Waals surface area contributed by atoms with Crippen LogP contribution >= 0.6 is 0 Å². The normalized spacial score (nSPS) is 28.7. The Bertz CT molecular complexity index is 408. The second kappa shape index (κ2) is 6.20. The van der Waals surface area contributed by atoms with E-state index in [1.165, 1.54) is 6.42 Å². The summed E-state index contributed by atoms with van der Waals surface area (Å²) in [6.07, 6.45) is 3.16. The maximum Gasteiger partial charge on any atom is 0.327 e. The number of nitrogens with two attached hydrogens (primary N) is 1. The summed E-state index contributed by atoms with van der Waals surface area (Å²) in [7, 11) is 0. The van der Waals surface area contributed by atoms with Crippen LogP contribution in [0.5, 0.6) is 0 Å². The van der Waals surface area contributed by atoms with E-state index < -0.39 is 6.04 Å². The van der Waals surface area contributed by atoms with E-state index in [9.17, 15) is 4.79 Å². The molecule has 1 saturated carbocycles. The largest absolute Gasteiger partial charge is 0.461 e. The Hall–Kier alpha value is -1.35. The molecule has 0 radical (unpaired) electrons. The number of hydrogen-bond donors (Lipinski definition) is 1. The van der Waals surface area contributed by atoms with Crippen LogP contribution in [0.1, 0.15) is 44.7 Å². The first-order valence-electron chi connectivity index (χ1n) is 7.07. The van der Waals surface area contributed by atoms with Crippen molar-refractivity contribution in [3.05, 3.63) is 35.9 Å². The van der Waals surface area contributed by atoms with Crippen LogP contribution < -0.4 is 5.73 Å². The third-order valence-corrected chi connectivity index (χ3v) is 3.83. The van der Waals surface area contributed by atoms with Crippen LogP contribution in [-0.4, -0.2) is 12.1 Å². The first kappa shape index (κ1) is 14.1. The molecular formula is C16H23NO2. The van der Waals surface area contributed by atoms with Crippen molar-refractivity contribution in [1.29, 1.82) is 0 Å². The molecule has 0 saturated heterocycles. The van der Waals surface area contributed by atoms with E-state index in [2.05, 4.69) is 13.8 Å². The lowest BCUT2D eigenvalue weighted by Crippen LogP contribution is -2.32. The third kappa shape index (κ3) is 3.80. The van der Waals surface area contributed by atoms with Gasteiger partial charge in [0, 0.05) is 0 Å². The van der Waals surface area contributed by atoms with Gasteiger partial charge in [-0.15, -0.1) is 0 Å².